The number of aromatic nitrogens is 2. The number of urea groups is 1. The van der Waals surface area contributed by atoms with Gasteiger partial charge >= 0.3 is 12.0 Å². The van der Waals surface area contributed by atoms with Gasteiger partial charge in [0.25, 0.3) is 0 Å². The Morgan fingerprint density at radius 1 is 1.00 bits per heavy atom. The average molecular weight is 653 g/mol. The highest BCUT2D eigenvalue weighted by Gasteiger charge is 2.23. The van der Waals surface area contributed by atoms with Crippen LogP contribution in [0.3, 0.4) is 0 Å². The van der Waals surface area contributed by atoms with Gasteiger partial charge in [0.05, 0.1) is 13.7 Å². The van der Waals surface area contributed by atoms with Crippen LogP contribution < -0.4 is 35.1 Å². The number of ether oxygens (including phenoxy) is 3. The number of carbonyl (C=O) groups excluding carboxylic acids is 1. The summed E-state index contributed by atoms with van der Waals surface area (Å²) in [6, 6.07) is 18.8. The number of carbonyl (C=O) groups is 1. The van der Waals surface area contributed by atoms with Crippen molar-refractivity contribution in [1.82, 2.24) is 25.6 Å². The third-order valence-corrected chi connectivity index (χ3v) is 8.66. The zero-order valence-electron chi connectivity index (χ0n) is 26.5. The summed E-state index contributed by atoms with van der Waals surface area (Å²) in [5, 5.41) is 6.60. The molecule has 0 saturated carbocycles. The molecule has 0 spiro atoms. The van der Waals surface area contributed by atoms with Crippen molar-refractivity contribution in [1.29, 1.82) is 0 Å². The zero-order chi connectivity index (χ0) is 33.2. The van der Waals surface area contributed by atoms with E-state index < -0.39 is 16.1 Å². The topological polar surface area (TPSA) is 166 Å². The number of aryl methyl sites for hydroxylation is 1. The molecule has 0 fully saturated rings. The predicted molar refractivity (Wildman–Crippen MR) is 173 cm³/mol. The number of nitrogens with zero attached hydrogens (tertiary/aromatic N) is 2. The van der Waals surface area contributed by atoms with Gasteiger partial charge in [-0.15, -0.1) is 0 Å². The van der Waals surface area contributed by atoms with Crippen molar-refractivity contribution in [3.8, 4) is 28.6 Å². The van der Waals surface area contributed by atoms with Crippen LogP contribution in [0.2, 0.25) is 0 Å². The molecule has 0 radical (unpaired) electrons. The van der Waals surface area contributed by atoms with Gasteiger partial charge < -0.3 is 24.1 Å². The normalized spacial score (nSPS) is 11.5. The van der Waals surface area contributed by atoms with Crippen molar-refractivity contribution in [2.24, 2.45) is 0 Å². The van der Waals surface area contributed by atoms with Crippen LogP contribution >= 0.6 is 0 Å². The van der Waals surface area contributed by atoms with Gasteiger partial charge in [0.1, 0.15) is 22.1 Å². The van der Waals surface area contributed by atoms with Crippen molar-refractivity contribution in [3.05, 3.63) is 77.9 Å². The van der Waals surface area contributed by atoms with Crippen LogP contribution in [0.4, 0.5) is 10.8 Å². The first-order chi connectivity index (χ1) is 22.0. The maximum atomic E-state index is 13.0. The number of hydrazine groups is 1. The monoisotopic (exact) mass is 652 g/mol. The molecule has 0 aliphatic heterocycles. The molecule has 0 unspecified atom stereocenters. The van der Waals surface area contributed by atoms with Crippen molar-refractivity contribution in [2.45, 2.75) is 50.8 Å². The molecule has 1 heterocycles. The van der Waals surface area contributed by atoms with Gasteiger partial charge in [-0.1, -0.05) is 61.8 Å². The van der Waals surface area contributed by atoms with Crippen LogP contribution in [0.1, 0.15) is 44.7 Å². The number of amides is 2. The van der Waals surface area contributed by atoms with E-state index in [9.17, 15) is 13.2 Å². The van der Waals surface area contributed by atoms with Gasteiger partial charge in [0.15, 0.2) is 6.73 Å². The fraction of sp³-hybridized carbons (Fsp3) is 0.344. The van der Waals surface area contributed by atoms with Crippen LogP contribution in [0.15, 0.2) is 76.1 Å². The number of methoxy groups -OCH3 is 1. The molecule has 0 saturated heterocycles. The molecule has 46 heavy (non-hydrogen) atoms. The minimum absolute atomic E-state index is 0.0115. The summed E-state index contributed by atoms with van der Waals surface area (Å²) < 4.78 is 50.4. The second kappa shape index (κ2) is 15.5. The maximum Gasteiger partial charge on any atom is 0.340 e. The second-order valence-corrected chi connectivity index (χ2v) is 12.7. The molecule has 1 aromatic heterocycles. The Hall–Kier alpha value is -4.82. The van der Waals surface area contributed by atoms with Gasteiger partial charge in [0, 0.05) is 12.1 Å². The standard InChI is InChI=1S/C32H40N6O7S/c1-6-32(3,4)25-19-22(2)13-15-26(25)43-18-10-17-33-30(39)36-37-31-35-29(38-45-31)23-14-16-27(42-5)28(20-23)46(40,41)34-21-44-24-11-8-7-9-12-24/h7-9,11-16,19-20,34H,6,10,17-18,21H2,1-5H3,(H2,33,36,39)(H,35,37,38). The summed E-state index contributed by atoms with van der Waals surface area (Å²) in [6.07, 6.45) is 1.57. The number of hydrogen-bond donors (Lipinski definition) is 4. The second-order valence-electron chi connectivity index (χ2n) is 11.0. The molecule has 3 aromatic carbocycles. The largest absolute Gasteiger partial charge is 0.495 e. The Morgan fingerprint density at radius 3 is 2.50 bits per heavy atom. The van der Waals surface area contributed by atoms with Gasteiger partial charge in [-0.05, 0) is 67.1 Å². The fourth-order valence-electron chi connectivity index (χ4n) is 4.30. The molecule has 0 atom stereocenters. The fourth-order valence-corrected chi connectivity index (χ4v) is 5.37. The summed E-state index contributed by atoms with van der Waals surface area (Å²) in [5.74, 6) is 1.57. The molecule has 0 aliphatic carbocycles. The van der Waals surface area contributed by atoms with E-state index in [0.717, 1.165) is 12.2 Å². The summed E-state index contributed by atoms with van der Waals surface area (Å²) in [5.41, 5.74) is 7.65. The first-order valence-corrected chi connectivity index (χ1v) is 16.2. The van der Waals surface area contributed by atoms with Crippen molar-refractivity contribution >= 4 is 22.1 Å². The minimum atomic E-state index is -4.04. The molecule has 4 N–H and O–H groups in total. The molecule has 4 aromatic rings. The van der Waals surface area contributed by atoms with Crippen LogP contribution in [-0.2, 0) is 15.4 Å². The molecule has 0 aliphatic rings. The lowest BCUT2D eigenvalue weighted by atomic mass is 9.81. The van der Waals surface area contributed by atoms with Crippen molar-refractivity contribution < 1.29 is 31.9 Å². The molecule has 4 rings (SSSR count). The predicted octanol–water partition coefficient (Wildman–Crippen LogP) is 5.15. The third-order valence-electron chi connectivity index (χ3n) is 7.26. The van der Waals surface area contributed by atoms with Crippen LogP contribution in [0, 0.1) is 6.92 Å². The number of para-hydroxylation sites is 1. The molecule has 0 bridgehead atoms. The lowest BCUT2D eigenvalue weighted by Gasteiger charge is -2.26. The van der Waals surface area contributed by atoms with Crippen LogP contribution in [0.25, 0.3) is 11.4 Å². The van der Waals surface area contributed by atoms with Gasteiger partial charge in [-0.3, -0.25) is 0 Å². The number of rotatable bonds is 16. The highest BCUT2D eigenvalue weighted by Crippen LogP contribution is 2.35. The molecular weight excluding hydrogens is 612 g/mol. The first kappa shape index (κ1) is 34.1. The Kier molecular flexibility index (Phi) is 11.4. The zero-order valence-corrected chi connectivity index (χ0v) is 27.4. The van der Waals surface area contributed by atoms with E-state index in [-0.39, 0.29) is 34.6 Å². The SMILES string of the molecule is CCC(C)(C)c1cc(C)ccc1OCCCNC(=O)NNc1nc(-c2ccc(OC)c(S(=O)(=O)NCOc3ccccc3)c2)no1. The number of anilines is 1. The van der Waals surface area contributed by atoms with E-state index in [1.807, 2.05) is 18.2 Å². The third kappa shape index (κ3) is 9.11. The molecule has 246 valence electrons. The number of sulfonamides is 1. The van der Waals surface area contributed by atoms with Gasteiger partial charge in [-0.25, -0.2) is 24.1 Å². The Labute approximate surface area is 269 Å². The van der Waals surface area contributed by atoms with Gasteiger partial charge in [-0.2, -0.15) is 9.71 Å². The van der Waals surface area contributed by atoms with Crippen LogP contribution in [-0.4, -0.2) is 51.6 Å². The van der Waals surface area contributed by atoms with Crippen molar-refractivity contribution in [3.63, 3.8) is 0 Å². The van der Waals surface area contributed by atoms with Gasteiger partial charge in [0.2, 0.25) is 15.8 Å². The quantitative estimate of drug-likeness (QED) is 0.0722. The smallest absolute Gasteiger partial charge is 0.340 e. The van der Waals surface area contributed by atoms with Crippen LogP contribution in [0.5, 0.6) is 17.2 Å². The molecule has 2 amide bonds. The minimum Gasteiger partial charge on any atom is -0.495 e. The first-order valence-electron chi connectivity index (χ1n) is 14.8. The Bertz CT molecular complexity index is 1710. The number of hydrogen-bond acceptors (Lipinski definition) is 10. The Balaban J connectivity index is 1.26. The average Bonchev–Trinajstić information content (AvgIpc) is 3.53. The summed E-state index contributed by atoms with van der Waals surface area (Å²) in [6.45, 7) is 9.13. The van der Waals surface area contributed by atoms with E-state index in [4.69, 9.17) is 18.7 Å². The maximum absolute atomic E-state index is 13.0. The molecule has 13 nitrogen and oxygen atoms in total. The Morgan fingerprint density at radius 2 is 1.76 bits per heavy atom. The van der Waals surface area contributed by atoms with Crippen molar-refractivity contribution in [2.75, 3.05) is 32.4 Å². The van der Waals surface area contributed by atoms with E-state index >= 15 is 0 Å². The summed E-state index contributed by atoms with van der Waals surface area (Å²) in [7, 11) is -2.67. The lowest BCUT2D eigenvalue weighted by molar-refractivity contribution is 0.240. The summed E-state index contributed by atoms with van der Waals surface area (Å²) in [4.78, 5) is 16.3. The molecular formula is C32H40N6O7S. The highest BCUT2D eigenvalue weighted by atomic mass is 32.2. The lowest BCUT2D eigenvalue weighted by Crippen LogP contribution is -2.39. The number of nitrogens with one attached hydrogen (secondary N) is 4. The van der Waals surface area contributed by atoms with E-state index in [0.29, 0.717) is 30.9 Å². The molecule has 14 heteroatoms. The van der Waals surface area contributed by atoms with E-state index in [1.165, 1.54) is 30.4 Å². The highest BCUT2D eigenvalue weighted by molar-refractivity contribution is 7.89. The number of benzene rings is 3. The summed E-state index contributed by atoms with van der Waals surface area (Å²) >= 11 is 0. The van der Waals surface area contributed by atoms with E-state index in [2.05, 4.69) is 64.8 Å². The van der Waals surface area contributed by atoms with E-state index in [1.54, 1.807) is 30.3 Å².